The number of nitrogens with zero attached hydrogens (tertiary/aromatic N) is 1. The zero-order valence-corrected chi connectivity index (χ0v) is 9.71. The van der Waals surface area contributed by atoms with E-state index in [1.165, 1.54) is 25.1 Å². The molecule has 0 saturated heterocycles. The highest BCUT2D eigenvalue weighted by molar-refractivity contribution is 7.80. The van der Waals surface area contributed by atoms with E-state index in [0.29, 0.717) is 17.7 Å². The molecule has 0 aliphatic heterocycles. The van der Waals surface area contributed by atoms with E-state index in [9.17, 15) is 14.5 Å². The Bertz CT molecular complexity index is 432. The number of aryl methyl sites for hydroxylation is 1. The molecule has 0 aliphatic rings. The van der Waals surface area contributed by atoms with Gasteiger partial charge in [-0.15, -0.1) is 0 Å². The third-order valence-corrected chi connectivity index (χ3v) is 2.36. The molecule has 0 aromatic heterocycles. The van der Waals surface area contributed by atoms with E-state index >= 15 is 0 Å². The minimum atomic E-state index is -0.509. The summed E-state index contributed by atoms with van der Waals surface area (Å²) in [6.45, 7) is 1.52. The lowest BCUT2D eigenvalue weighted by Gasteiger charge is -2.01. The summed E-state index contributed by atoms with van der Waals surface area (Å²) in [5.41, 5.74) is 0.500. The molecular formula is C11H12FNO2S. The first kappa shape index (κ1) is 12.7. The standard InChI is InChI=1S/C11H12FNO2S/c1-8-6-10(12)9(4-2-3-5-16)7-11(8)13(14)15/h2,4,6-7,16H,3,5H2,1H3. The lowest BCUT2D eigenvalue weighted by atomic mass is 10.1. The molecule has 0 fully saturated rings. The molecule has 3 nitrogen and oxygen atoms in total. The molecule has 0 unspecified atom stereocenters. The van der Waals surface area contributed by atoms with Crippen molar-refractivity contribution in [2.75, 3.05) is 5.75 Å². The van der Waals surface area contributed by atoms with Crippen molar-refractivity contribution in [2.24, 2.45) is 0 Å². The molecule has 0 amide bonds. The fourth-order valence-electron chi connectivity index (χ4n) is 1.29. The molecule has 0 saturated carbocycles. The Labute approximate surface area is 98.5 Å². The van der Waals surface area contributed by atoms with Gasteiger partial charge in [0.2, 0.25) is 0 Å². The van der Waals surface area contributed by atoms with Gasteiger partial charge in [0, 0.05) is 17.2 Å². The number of nitro benzene ring substituents is 1. The Morgan fingerprint density at radius 3 is 2.81 bits per heavy atom. The predicted octanol–water partition coefficient (Wildman–Crippen LogP) is 3.38. The molecule has 5 heteroatoms. The minimum Gasteiger partial charge on any atom is -0.258 e. The van der Waals surface area contributed by atoms with Crippen molar-refractivity contribution in [1.82, 2.24) is 0 Å². The largest absolute Gasteiger partial charge is 0.273 e. The van der Waals surface area contributed by atoms with Crippen LogP contribution in [0.5, 0.6) is 0 Å². The highest BCUT2D eigenvalue weighted by Gasteiger charge is 2.13. The van der Waals surface area contributed by atoms with Crippen LogP contribution in [-0.4, -0.2) is 10.7 Å². The average Bonchev–Trinajstić information content (AvgIpc) is 2.21. The van der Waals surface area contributed by atoms with Crippen LogP contribution >= 0.6 is 12.6 Å². The van der Waals surface area contributed by atoms with E-state index in [0.717, 1.165) is 0 Å². The van der Waals surface area contributed by atoms with E-state index in [4.69, 9.17) is 0 Å². The van der Waals surface area contributed by atoms with E-state index < -0.39 is 10.7 Å². The molecule has 86 valence electrons. The van der Waals surface area contributed by atoms with E-state index in [-0.39, 0.29) is 11.3 Å². The van der Waals surface area contributed by atoms with Crippen LogP contribution in [0.4, 0.5) is 10.1 Å². The second-order valence-electron chi connectivity index (χ2n) is 3.33. The number of benzene rings is 1. The Kier molecular flexibility index (Phi) is 4.49. The van der Waals surface area contributed by atoms with Gasteiger partial charge >= 0.3 is 0 Å². The van der Waals surface area contributed by atoms with Gasteiger partial charge in [-0.3, -0.25) is 10.1 Å². The van der Waals surface area contributed by atoms with Gasteiger partial charge in [0.25, 0.3) is 5.69 Å². The molecule has 0 bridgehead atoms. The Morgan fingerprint density at radius 1 is 1.56 bits per heavy atom. The average molecular weight is 241 g/mol. The molecule has 0 spiro atoms. The first-order valence-corrected chi connectivity index (χ1v) is 5.41. The Hall–Kier alpha value is -1.36. The molecule has 0 heterocycles. The molecule has 1 rings (SSSR count). The molecule has 16 heavy (non-hydrogen) atoms. The maximum atomic E-state index is 13.4. The Balaban J connectivity index is 3.09. The van der Waals surface area contributed by atoms with E-state index in [1.54, 1.807) is 6.08 Å². The number of nitro groups is 1. The van der Waals surface area contributed by atoms with Crippen molar-refractivity contribution < 1.29 is 9.31 Å². The third kappa shape index (κ3) is 3.06. The summed E-state index contributed by atoms with van der Waals surface area (Å²) >= 11 is 4.01. The summed E-state index contributed by atoms with van der Waals surface area (Å²) in [5.74, 6) is 0.213. The van der Waals surface area contributed by atoms with Crippen LogP contribution in [0.25, 0.3) is 6.08 Å². The van der Waals surface area contributed by atoms with Gasteiger partial charge in [0.05, 0.1) is 4.92 Å². The second kappa shape index (κ2) is 5.65. The number of rotatable bonds is 4. The first-order valence-electron chi connectivity index (χ1n) is 4.78. The third-order valence-electron chi connectivity index (χ3n) is 2.11. The van der Waals surface area contributed by atoms with Gasteiger partial charge in [0.15, 0.2) is 0 Å². The fourth-order valence-corrected chi connectivity index (χ4v) is 1.44. The lowest BCUT2D eigenvalue weighted by molar-refractivity contribution is -0.385. The highest BCUT2D eigenvalue weighted by atomic mass is 32.1. The SMILES string of the molecule is Cc1cc(F)c(C=CCCS)cc1[N+](=O)[O-]. The van der Waals surface area contributed by atoms with Crippen LogP contribution in [0.1, 0.15) is 17.5 Å². The first-order chi connectivity index (χ1) is 7.56. The maximum absolute atomic E-state index is 13.4. The van der Waals surface area contributed by atoms with Gasteiger partial charge in [-0.25, -0.2) is 4.39 Å². The summed E-state index contributed by atoms with van der Waals surface area (Å²) in [4.78, 5) is 10.2. The number of halogens is 1. The van der Waals surface area contributed by atoms with Crippen molar-refractivity contribution in [2.45, 2.75) is 13.3 Å². The van der Waals surface area contributed by atoms with Crippen LogP contribution in [0.15, 0.2) is 18.2 Å². The molecule has 0 atom stereocenters. The van der Waals surface area contributed by atoms with Gasteiger partial charge in [0.1, 0.15) is 5.82 Å². The van der Waals surface area contributed by atoms with E-state index in [1.807, 2.05) is 0 Å². The lowest BCUT2D eigenvalue weighted by Crippen LogP contribution is -1.94. The number of thiol groups is 1. The molecule has 1 aromatic rings. The van der Waals surface area contributed by atoms with Crippen molar-refractivity contribution in [3.05, 3.63) is 45.3 Å². The van der Waals surface area contributed by atoms with Crippen LogP contribution < -0.4 is 0 Å². The number of hydrogen-bond donors (Lipinski definition) is 1. The highest BCUT2D eigenvalue weighted by Crippen LogP contribution is 2.23. The van der Waals surface area contributed by atoms with Gasteiger partial charge in [-0.1, -0.05) is 12.2 Å². The molecule has 0 radical (unpaired) electrons. The monoisotopic (exact) mass is 241 g/mol. The van der Waals surface area contributed by atoms with Crippen LogP contribution in [0.3, 0.4) is 0 Å². The quantitative estimate of drug-likeness (QED) is 0.499. The van der Waals surface area contributed by atoms with Gasteiger partial charge in [-0.2, -0.15) is 12.6 Å². The predicted molar refractivity (Wildman–Crippen MR) is 65.3 cm³/mol. The molecule has 1 aromatic carbocycles. The van der Waals surface area contributed by atoms with E-state index in [2.05, 4.69) is 12.6 Å². The number of hydrogen-bond acceptors (Lipinski definition) is 3. The summed E-state index contributed by atoms with van der Waals surface area (Å²) in [7, 11) is 0. The van der Waals surface area contributed by atoms with Crippen LogP contribution in [0, 0.1) is 22.9 Å². The molecule has 0 N–H and O–H groups in total. The minimum absolute atomic E-state index is 0.0630. The summed E-state index contributed by atoms with van der Waals surface area (Å²) < 4.78 is 13.4. The summed E-state index contributed by atoms with van der Waals surface area (Å²) in [5, 5.41) is 10.7. The molecule has 0 aliphatic carbocycles. The second-order valence-corrected chi connectivity index (χ2v) is 3.78. The molecular weight excluding hydrogens is 229 g/mol. The van der Waals surface area contributed by atoms with Crippen molar-refractivity contribution in [3.63, 3.8) is 0 Å². The van der Waals surface area contributed by atoms with Gasteiger partial charge in [-0.05, 0) is 25.2 Å². The normalized spacial score (nSPS) is 10.9. The smallest absolute Gasteiger partial charge is 0.258 e. The zero-order valence-electron chi connectivity index (χ0n) is 8.81. The van der Waals surface area contributed by atoms with Gasteiger partial charge < -0.3 is 0 Å². The zero-order chi connectivity index (χ0) is 12.1. The van der Waals surface area contributed by atoms with Crippen LogP contribution in [0.2, 0.25) is 0 Å². The van der Waals surface area contributed by atoms with Crippen molar-refractivity contribution >= 4 is 24.4 Å². The fraction of sp³-hybridized carbons (Fsp3) is 0.273. The van der Waals surface area contributed by atoms with Crippen LogP contribution in [-0.2, 0) is 0 Å². The summed E-state index contributed by atoms with van der Waals surface area (Å²) in [6.07, 6.45) is 3.98. The van der Waals surface area contributed by atoms with Crippen molar-refractivity contribution in [3.8, 4) is 0 Å². The Morgan fingerprint density at radius 2 is 2.25 bits per heavy atom. The van der Waals surface area contributed by atoms with Crippen molar-refractivity contribution in [1.29, 1.82) is 0 Å². The topological polar surface area (TPSA) is 43.1 Å². The number of allylic oxidation sites excluding steroid dienone is 1. The maximum Gasteiger partial charge on any atom is 0.273 e. The summed E-state index contributed by atoms with van der Waals surface area (Å²) in [6, 6.07) is 2.43.